The Kier molecular flexibility index (Phi) is 6.71. The standard InChI is InChI=1S/C16H16Cl2N2O5S/c1-24-14-6-4-11(8-15(14)25-2)26(22,23)19-9-16(21)20-13-5-3-10(17)7-12(13)18/h3-8,19H,9H2,1-2H3,(H,20,21). The van der Waals surface area contributed by atoms with E-state index in [9.17, 15) is 13.2 Å². The molecule has 2 rings (SSSR count). The van der Waals surface area contributed by atoms with E-state index >= 15 is 0 Å². The van der Waals surface area contributed by atoms with Crippen LogP contribution in [0.3, 0.4) is 0 Å². The zero-order valence-electron chi connectivity index (χ0n) is 13.9. The van der Waals surface area contributed by atoms with Crippen molar-refractivity contribution in [1.82, 2.24) is 4.72 Å². The third-order valence-electron chi connectivity index (χ3n) is 3.29. The summed E-state index contributed by atoms with van der Waals surface area (Å²) in [4.78, 5) is 11.9. The predicted molar refractivity (Wildman–Crippen MR) is 99.8 cm³/mol. The average Bonchev–Trinajstić information content (AvgIpc) is 2.61. The molecule has 0 atom stereocenters. The van der Waals surface area contributed by atoms with Crippen LogP contribution in [0.2, 0.25) is 10.0 Å². The van der Waals surface area contributed by atoms with E-state index in [2.05, 4.69) is 10.0 Å². The Balaban J connectivity index is 2.06. The van der Waals surface area contributed by atoms with Gasteiger partial charge in [-0.2, -0.15) is 0 Å². The molecule has 2 N–H and O–H groups in total. The van der Waals surface area contributed by atoms with Crippen LogP contribution in [0.4, 0.5) is 5.69 Å². The lowest BCUT2D eigenvalue weighted by molar-refractivity contribution is -0.115. The Hall–Kier alpha value is -2.00. The first-order valence-electron chi connectivity index (χ1n) is 7.23. The maximum absolute atomic E-state index is 12.3. The Morgan fingerprint density at radius 1 is 1.04 bits per heavy atom. The van der Waals surface area contributed by atoms with Gasteiger partial charge in [0.15, 0.2) is 11.5 Å². The van der Waals surface area contributed by atoms with Gasteiger partial charge in [0.2, 0.25) is 15.9 Å². The second-order valence-electron chi connectivity index (χ2n) is 5.01. The molecule has 0 aliphatic carbocycles. The molecule has 0 bridgehead atoms. The zero-order valence-corrected chi connectivity index (χ0v) is 16.2. The second-order valence-corrected chi connectivity index (χ2v) is 7.62. The number of nitrogens with one attached hydrogen (secondary N) is 2. The summed E-state index contributed by atoms with van der Waals surface area (Å²) >= 11 is 11.7. The lowest BCUT2D eigenvalue weighted by Crippen LogP contribution is -2.33. The number of anilines is 1. The van der Waals surface area contributed by atoms with Crippen molar-refractivity contribution in [2.24, 2.45) is 0 Å². The van der Waals surface area contributed by atoms with Gasteiger partial charge in [-0.25, -0.2) is 13.1 Å². The summed E-state index contributed by atoms with van der Waals surface area (Å²) in [6.07, 6.45) is 0. The summed E-state index contributed by atoms with van der Waals surface area (Å²) in [5, 5.41) is 3.16. The number of rotatable bonds is 7. The molecule has 2 aromatic carbocycles. The molecule has 0 unspecified atom stereocenters. The maximum Gasteiger partial charge on any atom is 0.241 e. The van der Waals surface area contributed by atoms with E-state index in [1.54, 1.807) is 6.07 Å². The Morgan fingerprint density at radius 3 is 2.35 bits per heavy atom. The third kappa shape index (κ3) is 5.01. The number of ether oxygens (including phenoxy) is 2. The number of methoxy groups -OCH3 is 2. The van der Waals surface area contributed by atoms with Crippen molar-refractivity contribution < 1.29 is 22.7 Å². The molecule has 0 fully saturated rings. The van der Waals surface area contributed by atoms with Crippen molar-refractivity contribution in [2.75, 3.05) is 26.1 Å². The molecule has 7 nitrogen and oxygen atoms in total. The van der Waals surface area contributed by atoms with Crippen molar-refractivity contribution in [2.45, 2.75) is 4.90 Å². The van der Waals surface area contributed by atoms with Gasteiger partial charge in [-0.05, 0) is 30.3 Å². The highest BCUT2D eigenvalue weighted by molar-refractivity contribution is 7.89. The van der Waals surface area contributed by atoms with E-state index in [0.29, 0.717) is 16.5 Å². The molecule has 26 heavy (non-hydrogen) atoms. The molecule has 0 aliphatic heterocycles. The molecular formula is C16H16Cl2N2O5S. The molecule has 0 aromatic heterocycles. The molecular weight excluding hydrogens is 403 g/mol. The Morgan fingerprint density at radius 2 is 1.73 bits per heavy atom. The van der Waals surface area contributed by atoms with Crippen molar-refractivity contribution in [3.05, 3.63) is 46.4 Å². The van der Waals surface area contributed by atoms with Gasteiger partial charge in [0.05, 0.1) is 36.4 Å². The number of amides is 1. The van der Waals surface area contributed by atoms with Gasteiger partial charge in [-0.15, -0.1) is 0 Å². The molecule has 0 saturated carbocycles. The number of halogens is 2. The van der Waals surface area contributed by atoms with Gasteiger partial charge in [0, 0.05) is 11.1 Å². The summed E-state index contributed by atoms with van der Waals surface area (Å²) in [5.74, 6) is 0.0626. The van der Waals surface area contributed by atoms with Crippen molar-refractivity contribution in [3.63, 3.8) is 0 Å². The second kappa shape index (κ2) is 8.59. The summed E-state index contributed by atoms with van der Waals surface area (Å²) in [5.41, 5.74) is 0.325. The smallest absolute Gasteiger partial charge is 0.241 e. The topological polar surface area (TPSA) is 93.7 Å². The Bertz CT molecular complexity index is 919. The maximum atomic E-state index is 12.3. The molecule has 2 aromatic rings. The minimum atomic E-state index is -3.92. The highest BCUT2D eigenvalue weighted by Gasteiger charge is 2.18. The first kappa shape index (κ1) is 20.3. The molecule has 0 heterocycles. The third-order valence-corrected chi connectivity index (χ3v) is 5.24. The van der Waals surface area contributed by atoms with E-state index in [1.807, 2.05) is 0 Å². The molecule has 140 valence electrons. The van der Waals surface area contributed by atoms with Crippen molar-refractivity contribution in [3.8, 4) is 11.5 Å². The van der Waals surface area contributed by atoms with Gasteiger partial charge < -0.3 is 14.8 Å². The summed E-state index contributed by atoms with van der Waals surface area (Å²) < 4.78 is 37.0. The van der Waals surface area contributed by atoms with Gasteiger partial charge in [0.25, 0.3) is 0 Å². The number of carbonyl (C=O) groups excluding carboxylic acids is 1. The van der Waals surface area contributed by atoms with Gasteiger partial charge in [-0.1, -0.05) is 23.2 Å². The number of sulfonamides is 1. The highest BCUT2D eigenvalue weighted by atomic mass is 35.5. The van der Waals surface area contributed by atoms with E-state index in [0.717, 1.165) is 0 Å². The lowest BCUT2D eigenvalue weighted by Gasteiger charge is -2.11. The van der Waals surface area contributed by atoms with Crippen molar-refractivity contribution >= 4 is 44.8 Å². The van der Waals surface area contributed by atoms with Gasteiger partial charge >= 0.3 is 0 Å². The van der Waals surface area contributed by atoms with Crippen LogP contribution in [0, 0.1) is 0 Å². The fraction of sp³-hybridized carbons (Fsp3) is 0.188. The average molecular weight is 419 g/mol. The minimum Gasteiger partial charge on any atom is -0.493 e. The zero-order chi connectivity index (χ0) is 19.3. The molecule has 1 amide bonds. The van der Waals surface area contributed by atoms with Crippen molar-refractivity contribution in [1.29, 1.82) is 0 Å². The number of hydrogen-bond donors (Lipinski definition) is 2. The SMILES string of the molecule is COc1ccc(S(=O)(=O)NCC(=O)Nc2ccc(Cl)cc2Cl)cc1OC. The van der Waals surface area contributed by atoms with Crippen LogP contribution < -0.4 is 19.5 Å². The number of hydrogen-bond acceptors (Lipinski definition) is 5. The predicted octanol–water partition coefficient (Wildman–Crippen LogP) is 2.93. The van der Waals surface area contributed by atoms with Crippen LogP contribution in [0.15, 0.2) is 41.3 Å². The van der Waals surface area contributed by atoms with Crippen LogP contribution in [0.25, 0.3) is 0 Å². The normalized spacial score (nSPS) is 11.1. The molecule has 0 aliphatic rings. The van der Waals surface area contributed by atoms with E-state index in [-0.39, 0.29) is 15.7 Å². The minimum absolute atomic E-state index is 0.0625. The molecule has 0 radical (unpaired) electrons. The summed E-state index contributed by atoms with van der Waals surface area (Å²) in [6.45, 7) is -0.477. The number of carbonyl (C=O) groups is 1. The summed E-state index contributed by atoms with van der Waals surface area (Å²) in [6, 6.07) is 8.64. The number of benzene rings is 2. The Labute approximate surface area is 161 Å². The van der Waals surface area contributed by atoms with Gasteiger partial charge in [0.1, 0.15) is 0 Å². The van der Waals surface area contributed by atoms with E-state index in [1.165, 1.54) is 44.6 Å². The van der Waals surface area contributed by atoms with Crippen LogP contribution in [-0.4, -0.2) is 35.1 Å². The molecule has 0 saturated heterocycles. The lowest BCUT2D eigenvalue weighted by atomic mass is 10.3. The monoisotopic (exact) mass is 418 g/mol. The summed E-state index contributed by atoms with van der Waals surface area (Å²) in [7, 11) is -1.09. The molecule has 10 heteroatoms. The molecule has 0 spiro atoms. The largest absolute Gasteiger partial charge is 0.493 e. The highest BCUT2D eigenvalue weighted by Crippen LogP contribution is 2.29. The fourth-order valence-corrected chi connectivity index (χ4v) is 3.47. The van der Waals surface area contributed by atoms with Crippen LogP contribution in [0.5, 0.6) is 11.5 Å². The van der Waals surface area contributed by atoms with Crippen LogP contribution >= 0.6 is 23.2 Å². The van der Waals surface area contributed by atoms with Crippen LogP contribution in [-0.2, 0) is 14.8 Å². The quantitative estimate of drug-likeness (QED) is 0.720. The van der Waals surface area contributed by atoms with Crippen LogP contribution in [0.1, 0.15) is 0 Å². The first-order valence-corrected chi connectivity index (χ1v) is 9.47. The van der Waals surface area contributed by atoms with Gasteiger partial charge in [-0.3, -0.25) is 4.79 Å². The van der Waals surface area contributed by atoms with E-state index in [4.69, 9.17) is 32.7 Å². The van der Waals surface area contributed by atoms with E-state index < -0.39 is 22.5 Å². The fourth-order valence-electron chi connectivity index (χ4n) is 2.01. The first-order chi connectivity index (χ1) is 12.3.